The molecule has 5 nitrogen and oxygen atoms in total. The molecule has 0 saturated carbocycles. The van der Waals surface area contributed by atoms with Gasteiger partial charge in [0, 0.05) is 36.6 Å². The first-order valence-electron chi connectivity index (χ1n) is 11.1. The molecule has 168 valence electrons. The zero-order valence-corrected chi connectivity index (χ0v) is 18.3. The van der Waals surface area contributed by atoms with E-state index in [0.717, 1.165) is 5.56 Å². The zero-order chi connectivity index (χ0) is 22.9. The number of hydrogen-bond donors (Lipinski definition) is 0. The number of fused-ring (bicyclic) bond motifs is 1. The largest absolute Gasteiger partial charge is 0.369 e. The van der Waals surface area contributed by atoms with Crippen LogP contribution in [0.2, 0.25) is 0 Å². The van der Waals surface area contributed by atoms with Crippen LogP contribution in [0.1, 0.15) is 35.4 Å². The molecular weight excluding hydrogens is 422 g/mol. The summed E-state index contributed by atoms with van der Waals surface area (Å²) in [5, 5.41) is 0. The van der Waals surface area contributed by atoms with Crippen molar-refractivity contribution >= 4 is 16.9 Å². The monoisotopic (exact) mass is 446 g/mol. The van der Waals surface area contributed by atoms with Crippen LogP contribution < -0.4 is 10.5 Å². The van der Waals surface area contributed by atoms with Crippen molar-refractivity contribution < 1.29 is 8.78 Å². The number of rotatable bonds is 4. The van der Waals surface area contributed by atoms with Gasteiger partial charge in [0.15, 0.2) is 5.65 Å². The van der Waals surface area contributed by atoms with E-state index in [1.165, 1.54) is 22.9 Å². The Labute approximate surface area is 190 Å². The van der Waals surface area contributed by atoms with Crippen molar-refractivity contribution in [2.75, 3.05) is 18.0 Å². The number of nitrogens with zero attached hydrogens (tertiary/aromatic N) is 4. The molecule has 1 aliphatic rings. The molecule has 5 rings (SSSR count). The van der Waals surface area contributed by atoms with Crippen molar-refractivity contribution in [1.82, 2.24) is 14.5 Å². The predicted octanol–water partition coefficient (Wildman–Crippen LogP) is 4.81. The van der Waals surface area contributed by atoms with Crippen molar-refractivity contribution in [1.29, 1.82) is 0 Å². The number of piperidine rings is 1. The first-order chi connectivity index (χ1) is 16.0. The van der Waals surface area contributed by atoms with E-state index in [0.29, 0.717) is 53.9 Å². The van der Waals surface area contributed by atoms with Gasteiger partial charge in [0.2, 0.25) is 0 Å². The van der Waals surface area contributed by atoms with E-state index >= 15 is 0 Å². The summed E-state index contributed by atoms with van der Waals surface area (Å²) in [4.78, 5) is 24.4. The van der Waals surface area contributed by atoms with Gasteiger partial charge in [0.1, 0.15) is 17.2 Å². The molecule has 0 amide bonds. The van der Waals surface area contributed by atoms with Crippen LogP contribution >= 0.6 is 0 Å². The van der Waals surface area contributed by atoms with Crippen molar-refractivity contribution in [3.63, 3.8) is 0 Å². The Morgan fingerprint density at radius 1 is 0.970 bits per heavy atom. The van der Waals surface area contributed by atoms with Crippen molar-refractivity contribution in [3.05, 3.63) is 99.6 Å². The minimum Gasteiger partial charge on any atom is -0.369 e. The molecule has 1 fully saturated rings. The number of pyridine rings is 1. The summed E-state index contributed by atoms with van der Waals surface area (Å²) in [6.45, 7) is 3.30. The fourth-order valence-electron chi connectivity index (χ4n) is 4.79. The molecule has 4 aromatic rings. The number of hydrogen-bond acceptors (Lipinski definition) is 4. The van der Waals surface area contributed by atoms with Crippen LogP contribution in [0, 0.1) is 18.6 Å². The predicted molar refractivity (Wildman–Crippen MR) is 125 cm³/mol. The summed E-state index contributed by atoms with van der Waals surface area (Å²) in [7, 11) is 0. The number of aromatic nitrogens is 3. The highest BCUT2D eigenvalue weighted by Crippen LogP contribution is 2.32. The molecule has 1 aliphatic heterocycles. The lowest BCUT2D eigenvalue weighted by Gasteiger charge is -2.34. The fraction of sp³-hybridized carbons (Fsp3) is 0.269. The second-order valence-electron chi connectivity index (χ2n) is 8.51. The molecule has 0 bridgehead atoms. The lowest BCUT2D eigenvalue weighted by atomic mass is 9.89. The number of anilines is 1. The molecule has 2 aromatic heterocycles. The molecule has 2 aromatic carbocycles. The van der Waals surface area contributed by atoms with Crippen LogP contribution in [0.5, 0.6) is 0 Å². The van der Waals surface area contributed by atoms with E-state index in [1.54, 1.807) is 30.5 Å². The third-order valence-electron chi connectivity index (χ3n) is 6.47. The Morgan fingerprint density at radius 3 is 2.45 bits per heavy atom. The number of para-hydroxylation sites is 1. The molecule has 0 unspecified atom stereocenters. The summed E-state index contributed by atoms with van der Waals surface area (Å²) in [5.41, 5.74) is 3.49. The van der Waals surface area contributed by atoms with E-state index in [-0.39, 0.29) is 29.7 Å². The smallest absolute Gasteiger partial charge is 0.256 e. The molecule has 0 atom stereocenters. The molecule has 33 heavy (non-hydrogen) atoms. The highest BCUT2D eigenvalue weighted by molar-refractivity contribution is 5.71. The molecule has 1 saturated heterocycles. The minimum absolute atomic E-state index is 0.0131. The summed E-state index contributed by atoms with van der Waals surface area (Å²) in [6.07, 6.45) is 4.56. The average molecular weight is 447 g/mol. The number of aryl methyl sites for hydroxylation is 1. The summed E-state index contributed by atoms with van der Waals surface area (Å²) >= 11 is 0. The Bertz CT molecular complexity index is 1360. The minimum atomic E-state index is -0.361. The van der Waals surface area contributed by atoms with E-state index in [2.05, 4.69) is 14.9 Å². The molecule has 0 radical (unpaired) electrons. The summed E-state index contributed by atoms with van der Waals surface area (Å²) in [5.74, 6) is -0.568. The van der Waals surface area contributed by atoms with E-state index in [1.807, 2.05) is 19.1 Å². The van der Waals surface area contributed by atoms with Gasteiger partial charge in [-0.25, -0.2) is 13.8 Å². The first-order valence-corrected chi connectivity index (χ1v) is 11.1. The normalized spacial score (nSPS) is 14.7. The molecule has 7 heteroatoms. The second kappa shape index (κ2) is 8.73. The Hall–Kier alpha value is -3.61. The molecule has 0 aliphatic carbocycles. The maximum absolute atomic E-state index is 14.4. The summed E-state index contributed by atoms with van der Waals surface area (Å²) < 4.78 is 30.3. The average Bonchev–Trinajstić information content (AvgIpc) is 2.82. The van der Waals surface area contributed by atoms with E-state index in [9.17, 15) is 13.6 Å². The van der Waals surface area contributed by atoms with Gasteiger partial charge in [-0.05, 0) is 49.4 Å². The van der Waals surface area contributed by atoms with Crippen molar-refractivity contribution in [2.45, 2.75) is 32.2 Å². The molecule has 3 heterocycles. The van der Waals surface area contributed by atoms with Gasteiger partial charge in [0.25, 0.3) is 5.56 Å². The van der Waals surface area contributed by atoms with Crippen LogP contribution in [-0.4, -0.2) is 27.6 Å². The van der Waals surface area contributed by atoms with Gasteiger partial charge in [-0.2, -0.15) is 0 Å². The maximum Gasteiger partial charge on any atom is 0.256 e. The second-order valence-corrected chi connectivity index (χ2v) is 8.51. The third-order valence-corrected chi connectivity index (χ3v) is 6.47. The topological polar surface area (TPSA) is 51.0 Å². The van der Waals surface area contributed by atoms with Crippen LogP contribution in [0.25, 0.3) is 11.2 Å². The SMILES string of the molecule is Cc1cccc(F)c1N1CCC(c2cc3nccnc3n(Cc3ccccc3F)c2=O)CC1. The van der Waals surface area contributed by atoms with E-state index in [4.69, 9.17) is 0 Å². The van der Waals surface area contributed by atoms with Gasteiger partial charge in [-0.3, -0.25) is 14.3 Å². The lowest BCUT2D eigenvalue weighted by molar-refractivity contribution is 0.491. The number of halogens is 2. The Morgan fingerprint density at radius 2 is 1.70 bits per heavy atom. The molecule has 0 spiro atoms. The Kier molecular flexibility index (Phi) is 5.62. The third kappa shape index (κ3) is 3.99. The maximum atomic E-state index is 14.4. The van der Waals surface area contributed by atoms with Crippen molar-refractivity contribution in [3.8, 4) is 0 Å². The van der Waals surface area contributed by atoms with Crippen molar-refractivity contribution in [2.24, 2.45) is 0 Å². The van der Waals surface area contributed by atoms with Crippen LogP contribution in [0.4, 0.5) is 14.5 Å². The van der Waals surface area contributed by atoms with Gasteiger partial charge >= 0.3 is 0 Å². The van der Waals surface area contributed by atoms with Gasteiger partial charge in [-0.1, -0.05) is 30.3 Å². The van der Waals surface area contributed by atoms with Crippen LogP contribution in [0.15, 0.2) is 65.7 Å². The highest BCUT2D eigenvalue weighted by atomic mass is 19.1. The van der Waals surface area contributed by atoms with Gasteiger partial charge in [0.05, 0.1) is 12.2 Å². The van der Waals surface area contributed by atoms with Gasteiger partial charge in [-0.15, -0.1) is 0 Å². The Balaban J connectivity index is 1.49. The fourth-order valence-corrected chi connectivity index (χ4v) is 4.79. The zero-order valence-electron chi connectivity index (χ0n) is 18.3. The quantitative estimate of drug-likeness (QED) is 0.452. The van der Waals surface area contributed by atoms with Crippen LogP contribution in [0.3, 0.4) is 0 Å². The highest BCUT2D eigenvalue weighted by Gasteiger charge is 2.26. The van der Waals surface area contributed by atoms with Gasteiger partial charge < -0.3 is 4.90 Å². The lowest BCUT2D eigenvalue weighted by Crippen LogP contribution is -2.36. The molecular formula is C26H24F2N4O. The number of benzene rings is 2. The standard InChI is InChI=1S/C26H24F2N4O/c1-17-5-4-8-22(28)24(17)31-13-9-18(10-14-31)20-15-23-25(30-12-11-29-23)32(26(20)33)16-19-6-2-3-7-21(19)27/h2-8,11-12,15,18H,9-10,13-14,16H2,1H3. The van der Waals surface area contributed by atoms with E-state index < -0.39 is 0 Å². The molecule has 0 N–H and O–H groups in total. The first kappa shape index (κ1) is 21.2. The van der Waals surface area contributed by atoms with Crippen LogP contribution in [-0.2, 0) is 6.54 Å². The summed E-state index contributed by atoms with van der Waals surface area (Å²) in [6, 6.07) is 13.4.